The number of hydrogen-bond acceptors (Lipinski definition) is 3. The van der Waals surface area contributed by atoms with Gasteiger partial charge in [-0.2, -0.15) is 5.10 Å². The maximum Gasteiger partial charge on any atom is 0.271 e. The lowest BCUT2D eigenvalue weighted by Gasteiger charge is -2.08. The zero-order valence-corrected chi connectivity index (χ0v) is 16.4. The van der Waals surface area contributed by atoms with Crippen molar-refractivity contribution >= 4 is 22.4 Å². The zero-order chi connectivity index (χ0) is 19.8. The quantitative estimate of drug-likeness (QED) is 0.405. The third kappa shape index (κ3) is 5.43. The molecule has 1 amide bonds. The van der Waals surface area contributed by atoms with Gasteiger partial charge in [-0.1, -0.05) is 55.8 Å². The number of hydrogen-bond donors (Lipinski definition) is 1. The maximum atomic E-state index is 12.2. The number of rotatable bonds is 8. The van der Waals surface area contributed by atoms with Gasteiger partial charge < -0.3 is 4.74 Å². The molecule has 0 radical (unpaired) electrons. The highest BCUT2D eigenvalue weighted by Gasteiger charge is 2.05. The van der Waals surface area contributed by atoms with E-state index in [4.69, 9.17) is 4.74 Å². The predicted octanol–water partition coefficient (Wildman–Crippen LogP) is 5.71. The smallest absolute Gasteiger partial charge is 0.271 e. The molecule has 0 aliphatic heterocycles. The van der Waals surface area contributed by atoms with Crippen LogP contribution in [0, 0.1) is 0 Å². The highest BCUT2D eigenvalue weighted by molar-refractivity contribution is 5.95. The van der Waals surface area contributed by atoms with Crippen molar-refractivity contribution in [1.82, 2.24) is 5.43 Å². The van der Waals surface area contributed by atoms with E-state index in [-0.39, 0.29) is 5.91 Å². The van der Waals surface area contributed by atoms with Gasteiger partial charge in [-0.05, 0) is 60.4 Å². The van der Waals surface area contributed by atoms with Gasteiger partial charge in [0.1, 0.15) is 12.4 Å². The number of carbonyl (C=O) groups excluding carboxylic acids is 1. The molecule has 0 bridgehead atoms. The molecule has 0 saturated carbocycles. The molecule has 0 atom stereocenters. The van der Waals surface area contributed by atoms with Crippen LogP contribution in [0.4, 0.5) is 0 Å². The molecule has 3 rings (SSSR count). The van der Waals surface area contributed by atoms with Crippen LogP contribution in [-0.2, 0) is 6.61 Å². The van der Waals surface area contributed by atoms with Gasteiger partial charge in [-0.15, -0.1) is 0 Å². The van der Waals surface area contributed by atoms with Crippen LogP contribution in [-0.4, -0.2) is 11.6 Å². The lowest BCUT2D eigenvalue weighted by atomic mass is 10.1. The summed E-state index contributed by atoms with van der Waals surface area (Å²) < 4.78 is 5.89. The Hall–Kier alpha value is -3.14. The number of hydrazone groups is 1. The van der Waals surface area contributed by atoms with Gasteiger partial charge in [0.25, 0.3) is 5.91 Å². The van der Waals surface area contributed by atoms with E-state index in [1.54, 1.807) is 12.1 Å². The number of ether oxygens (including phenoxy) is 1. The number of nitrogens with zero attached hydrogens (tertiary/aromatic N) is 1. The van der Waals surface area contributed by atoms with Crippen LogP contribution in [0.3, 0.4) is 0 Å². The molecule has 4 heteroatoms. The fourth-order valence-electron chi connectivity index (χ4n) is 2.88. The Labute approximate surface area is 166 Å². The molecule has 3 aromatic carbocycles. The van der Waals surface area contributed by atoms with Crippen molar-refractivity contribution in [3.63, 3.8) is 0 Å². The standard InChI is InChI=1S/C24H26N2O2/c1-3-4-7-18(2)25-26-24(27)21-12-10-19(11-13-21)17-28-23-15-14-20-8-5-6-9-22(20)16-23/h5-6,8-16H,3-4,7,17H2,1-2H3,(H,26,27)/b25-18-. The SMILES string of the molecule is CCCC/C(C)=N\NC(=O)c1ccc(COc2ccc3ccccc3c2)cc1. The van der Waals surface area contributed by atoms with Crippen molar-refractivity contribution in [2.45, 2.75) is 39.7 Å². The van der Waals surface area contributed by atoms with Crippen LogP contribution in [0.25, 0.3) is 10.8 Å². The molecule has 0 fully saturated rings. The molecular weight excluding hydrogens is 348 g/mol. The monoisotopic (exact) mass is 374 g/mol. The summed E-state index contributed by atoms with van der Waals surface area (Å²) in [6.45, 7) is 4.52. The number of carbonyl (C=O) groups is 1. The molecule has 0 unspecified atom stereocenters. The van der Waals surface area contributed by atoms with E-state index in [0.29, 0.717) is 12.2 Å². The van der Waals surface area contributed by atoms with Crippen molar-refractivity contribution in [2.24, 2.45) is 5.10 Å². The molecular formula is C24H26N2O2. The first-order valence-corrected chi connectivity index (χ1v) is 9.70. The van der Waals surface area contributed by atoms with Gasteiger partial charge >= 0.3 is 0 Å². The van der Waals surface area contributed by atoms with Gasteiger partial charge in [-0.3, -0.25) is 4.79 Å². The minimum Gasteiger partial charge on any atom is -0.489 e. The lowest BCUT2D eigenvalue weighted by Crippen LogP contribution is -2.19. The van der Waals surface area contributed by atoms with E-state index in [0.717, 1.165) is 41.7 Å². The van der Waals surface area contributed by atoms with Gasteiger partial charge in [0.15, 0.2) is 0 Å². The summed E-state index contributed by atoms with van der Waals surface area (Å²) in [4.78, 5) is 12.2. The van der Waals surface area contributed by atoms with Crippen LogP contribution in [0.2, 0.25) is 0 Å². The van der Waals surface area contributed by atoms with Gasteiger partial charge in [-0.25, -0.2) is 5.43 Å². The van der Waals surface area contributed by atoms with E-state index in [1.165, 1.54) is 5.39 Å². The fraction of sp³-hybridized carbons (Fsp3) is 0.250. The first-order chi connectivity index (χ1) is 13.7. The molecule has 0 aromatic heterocycles. The molecule has 4 nitrogen and oxygen atoms in total. The topological polar surface area (TPSA) is 50.7 Å². The Morgan fingerprint density at radius 3 is 2.50 bits per heavy atom. The summed E-state index contributed by atoms with van der Waals surface area (Å²) in [6.07, 6.45) is 3.10. The van der Waals surface area contributed by atoms with Crippen molar-refractivity contribution < 1.29 is 9.53 Å². The van der Waals surface area contributed by atoms with Crippen LogP contribution < -0.4 is 10.2 Å². The normalized spacial score (nSPS) is 11.4. The molecule has 1 N–H and O–H groups in total. The molecule has 0 aliphatic carbocycles. The molecule has 0 aliphatic rings. The first kappa shape index (κ1) is 19.6. The molecule has 144 valence electrons. The average molecular weight is 374 g/mol. The van der Waals surface area contributed by atoms with E-state index in [9.17, 15) is 4.79 Å². The molecule has 0 spiro atoms. The second-order valence-corrected chi connectivity index (χ2v) is 6.89. The lowest BCUT2D eigenvalue weighted by molar-refractivity contribution is 0.0954. The Kier molecular flexibility index (Phi) is 6.79. The Balaban J connectivity index is 1.55. The highest BCUT2D eigenvalue weighted by Crippen LogP contribution is 2.21. The molecule has 0 heterocycles. The number of unbranched alkanes of at least 4 members (excludes halogenated alkanes) is 1. The summed E-state index contributed by atoms with van der Waals surface area (Å²) in [5.74, 6) is 0.634. The van der Waals surface area contributed by atoms with E-state index >= 15 is 0 Å². The van der Waals surface area contributed by atoms with Crippen molar-refractivity contribution in [3.05, 3.63) is 77.9 Å². The second kappa shape index (κ2) is 9.70. The Morgan fingerprint density at radius 2 is 1.75 bits per heavy atom. The molecule has 0 saturated heterocycles. The molecule has 3 aromatic rings. The number of benzene rings is 3. The second-order valence-electron chi connectivity index (χ2n) is 6.89. The summed E-state index contributed by atoms with van der Waals surface area (Å²) in [5.41, 5.74) is 5.15. The van der Waals surface area contributed by atoms with Crippen molar-refractivity contribution in [3.8, 4) is 5.75 Å². The van der Waals surface area contributed by atoms with Gasteiger partial charge in [0.05, 0.1) is 0 Å². The Bertz CT molecular complexity index is 962. The summed E-state index contributed by atoms with van der Waals surface area (Å²) in [6, 6.07) is 21.7. The predicted molar refractivity (Wildman–Crippen MR) is 115 cm³/mol. The number of fused-ring (bicyclic) bond motifs is 1. The van der Waals surface area contributed by atoms with Gasteiger partial charge in [0.2, 0.25) is 0 Å². The van der Waals surface area contributed by atoms with Crippen LogP contribution in [0.15, 0.2) is 71.8 Å². The van der Waals surface area contributed by atoms with Crippen LogP contribution in [0.1, 0.15) is 49.0 Å². The van der Waals surface area contributed by atoms with Crippen LogP contribution in [0.5, 0.6) is 5.75 Å². The Morgan fingerprint density at radius 1 is 1.00 bits per heavy atom. The van der Waals surface area contributed by atoms with E-state index in [1.807, 2.05) is 43.3 Å². The minimum atomic E-state index is -0.196. The number of amides is 1. The molecule has 28 heavy (non-hydrogen) atoms. The summed E-state index contributed by atoms with van der Waals surface area (Å²) in [7, 11) is 0. The van der Waals surface area contributed by atoms with Crippen molar-refractivity contribution in [1.29, 1.82) is 0 Å². The largest absolute Gasteiger partial charge is 0.489 e. The van der Waals surface area contributed by atoms with Crippen molar-refractivity contribution in [2.75, 3.05) is 0 Å². The summed E-state index contributed by atoms with van der Waals surface area (Å²) >= 11 is 0. The number of nitrogens with one attached hydrogen (secondary N) is 1. The average Bonchev–Trinajstić information content (AvgIpc) is 2.74. The summed E-state index contributed by atoms with van der Waals surface area (Å²) in [5, 5.41) is 6.50. The third-order valence-corrected chi connectivity index (χ3v) is 4.58. The van der Waals surface area contributed by atoms with E-state index < -0.39 is 0 Å². The first-order valence-electron chi connectivity index (χ1n) is 9.70. The zero-order valence-electron chi connectivity index (χ0n) is 16.4. The minimum absolute atomic E-state index is 0.196. The van der Waals surface area contributed by atoms with Gasteiger partial charge in [0, 0.05) is 11.3 Å². The highest BCUT2D eigenvalue weighted by atomic mass is 16.5. The van der Waals surface area contributed by atoms with E-state index in [2.05, 4.69) is 35.7 Å². The van der Waals surface area contributed by atoms with Crippen LogP contribution >= 0.6 is 0 Å². The maximum absolute atomic E-state index is 12.2. The third-order valence-electron chi connectivity index (χ3n) is 4.58. The fourth-order valence-corrected chi connectivity index (χ4v) is 2.88.